The molecular weight excluding hydrogens is 347 g/mol. The van der Waals surface area contributed by atoms with Crippen molar-refractivity contribution in [2.75, 3.05) is 34.6 Å². The first-order valence-electron chi connectivity index (χ1n) is 8.83. The molecule has 1 atom stereocenters. The highest BCUT2D eigenvalue weighted by Crippen LogP contribution is 2.47. The second kappa shape index (κ2) is 10.3. The van der Waals surface area contributed by atoms with Crippen LogP contribution >= 0.6 is 9.24 Å². The van der Waals surface area contributed by atoms with E-state index in [1.165, 1.54) is 0 Å². The van der Waals surface area contributed by atoms with Crippen LogP contribution in [0.3, 0.4) is 0 Å². The van der Waals surface area contributed by atoms with Crippen LogP contribution in [0.15, 0.2) is 36.4 Å². The molecule has 0 saturated heterocycles. The largest absolute Gasteiger partial charge is 0.496 e. The maximum Gasteiger partial charge on any atom is 0.126 e. The highest BCUT2D eigenvalue weighted by Gasteiger charge is 2.28. The van der Waals surface area contributed by atoms with Crippen LogP contribution in [-0.2, 0) is 0 Å². The van der Waals surface area contributed by atoms with Crippen LogP contribution < -0.4 is 18.9 Å². The van der Waals surface area contributed by atoms with Crippen molar-refractivity contribution in [3.8, 4) is 23.0 Å². The first kappa shape index (κ1) is 20.4. The van der Waals surface area contributed by atoms with Gasteiger partial charge >= 0.3 is 0 Å². The molecule has 0 aliphatic rings. The van der Waals surface area contributed by atoms with Crippen LogP contribution in [0, 0.1) is 0 Å². The molecule has 0 aliphatic carbocycles. The molecule has 26 heavy (non-hydrogen) atoms. The van der Waals surface area contributed by atoms with E-state index in [4.69, 9.17) is 18.9 Å². The second-order valence-electron chi connectivity index (χ2n) is 5.99. The number of hydrogen-bond donors (Lipinski definition) is 0. The molecule has 0 amide bonds. The van der Waals surface area contributed by atoms with Gasteiger partial charge in [-0.2, -0.15) is 0 Å². The van der Waals surface area contributed by atoms with E-state index in [1.54, 1.807) is 28.4 Å². The van der Waals surface area contributed by atoms with Gasteiger partial charge in [0, 0.05) is 17.0 Å². The molecule has 1 unspecified atom stereocenters. The smallest absolute Gasteiger partial charge is 0.126 e. The Hall–Kier alpha value is -1.93. The highest BCUT2D eigenvalue weighted by atomic mass is 31.0. The molecule has 142 valence electrons. The van der Waals surface area contributed by atoms with Crippen molar-refractivity contribution in [1.82, 2.24) is 0 Å². The lowest BCUT2D eigenvalue weighted by molar-refractivity contribution is 0.365. The van der Waals surface area contributed by atoms with Crippen LogP contribution in [0.2, 0.25) is 0 Å². The van der Waals surface area contributed by atoms with E-state index in [1.807, 2.05) is 36.4 Å². The number of rotatable bonds is 10. The molecule has 4 nitrogen and oxygen atoms in total. The first-order chi connectivity index (χ1) is 12.7. The van der Waals surface area contributed by atoms with Gasteiger partial charge in [0.25, 0.3) is 0 Å². The molecule has 0 N–H and O–H groups in total. The zero-order valence-corrected chi connectivity index (χ0v) is 17.2. The minimum Gasteiger partial charge on any atom is -0.496 e. The molecule has 0 radical (unpaired) electrons. The van der Waals surface area contributed by atoms with E-state index in [-0.39, 0.29) is 5.92 Å². The Bertz CT molecular complexity index is 602. The van der Waals surface area contributed by atoms with Gasteiger partial charge in [-0.25, -0.2) is 0 Å². The summed E-state index contributed by atoms with van der Waals surface area (Å²) >= 11 is 0. The van der Waals surface area contributed by atoms with Gasteiger partial charge in [0.2, 0.25) is 0 Å². The minimum absolute atomic E-state index is 0.0451. The van der Waals surface area contributed by atoms with Crippen molar-refractivity contribution in [3.63, 3.8) is 0 Å². The SMILES string of the molecule is COc1cccc(OC)c1C(CCCCP)c1c(OC)cccc1OC. The Labute approximate surface area is 159 Å². The lowest BCUT2D eigenvalue weighted by Crippen LogP contribution is -2.09. The summed E-state index contributed by atoms with van der Waals surface area (Å²) in [5.74, 6) is 3.30. The number of ether oxygens (including phenoxy) is 4. The van der Waals surface area contributed by atoms with Crippen molar-refractivity contribution in [1.29, 1.82) is 0 Å². The average molecular weight is 376 g/mol. The van der Waals surface area contributed by atoms with E-state index < -0.39 is 0 Å². The standard InChI is InChI=1S/C21H29O4P/c1-22-16-10-7-11-17(23-2)20(16)15(9-5-6-14-26)21-18(24-3)12-8-13-19(21)25-4/h7-8,10-13,15H,5-6,9,14,26H2,1-4H3. The number of hydrogen-bond acceptors (Lipinski definition) is 4. The maximum atomic E-state index is 5.68. The molecule has 5 heteroatoms. The predicted molar refractivity (Wildman–Crippen MR) is 109 cm³/mol. The first-order valence-corrected chi connectivity index (χ1v) is 9.65. The number of methoxy groups -OCH3 is 4. The van der Waals surface area contributed by atoms with Crippen molar-refractivity contribution >= 4 is 9.24 Å². The lowest BCUT2D eigenvalue weighted by atomic mass is 9.84. The van der Waals surface area contributed by atoms with Crippen LogP contribution in [0.4, 0.5) is 0 Å². The molecule has 0 heterocycles. The summed E-state index contributed by atoms with van der Waals surface area (Å²) in [7, 11) is 9.56. The molecule has 2 aromatic carbocycles. The predicted octanol–water partition coefficient (Wildman–Crippen LogP) is 4.90. The minimum atomic E-state index is 0.0451. The third-order valence-corrected chi connectivity index (χ3v) is 4.98. The third-order valence-electron chi connectivity index (χ3n) is 4.58. The summed E-state index contributed by atoms with van der Waals surface area (Å²) in [5.41, 5.74) is 2.06. The normalized spacial score (nSPS) is 10.7. The van der Waals surface area contributed by atoms with E-state index in [9.17, 15) is 0 Å². The molecule has 0 saturated carbocycles. The molecule has 0 spiro atoms. The van der Waals surface area contributed by atoms with Gasteiger partial charge in [-0.3, -0.25) is 0 Å². The Morgan fingerprint density at radius 2 is 1.08 bits per heavy atom. The number of benzene rings is 2. The van der Waals surface area contributed by atoms with Crippen LogP contribution in [0.1, 0.15) is 36.3 Å². The van der Waals surface area contributed by atoms with E-state index in [0.717, 1.165) is 59.5 Å². The van der Waals surface area contributed by atoms with Crippen LogP contribution in [-0.4, -0.2) is 34.6 Å². The third kappa shape index (κ3) is 4.42. The summed E-state index contributed by atoms with van der Waals surface area (Å²) in [6.07, 6.45) is 4.24. The fourth-order valence-electron chi connectivity index (χ4n) is 3.37. The van der Waals surface area contributed by atoms with Crippen molar-refractivity contribution in [3.05, 3.63) is 47.5 Å². The fraction of sp³-hybridized carbons (Fsp3) is 0.429. The zero-order chi connectivity index (χ0) is 18.9. The van der Waals surface area contributed by atoms with Gasteiger partial charge in [0.05, 0.1) is 28.4 Å². The molecular formula is C21H29O4P. The van der Waals surface area contributed by atoms with Gasteiger partial charge in [0.1, 0.15) is 23.0 Å². The second-order valence-corrected chi connectivity index (χ2v) is 6.57. The maximum absolute atomic E-state index is 5.68. The van der Waals surface area contributed by atoms with E-state index in [2.05, 4.69) is 9.24 Å². The summed E-state index contributed by atoms with van der Waals surface area (Å²) in [4.78, 5) is 0. The summed E-state index contributed by atoms with van der Waals surface area (Å²) in [5, 5.41) is 0. The quantitative estimate of drug-likeness (QED) is 0.437. The van der Waals surface area contributed by atoms with Crippen molar-refractivity contribution in [2.45, 2.75) is 25.2 Å². The van der Waals surface area contributed by atoms with Gasteiger partial charge in [-0.05, 0) is 43.3 Å². The van der Waals surface area contributed by atoms with Crippen LogP contribution in [0.5, 0.6) is 23.0 Å². The van der Waals surface area contributed by atoms with Gasteiger partial charge in [-0.1, -0.05) is 18.6 Å². The summed E-state index contributed by atoms with van der Waals surface area (Å²) in [6.45, 7) is 0. The summed E-state index contributed by atoms with van der Waals surface area (Å²) in [6, 6.07) is 11.8. The van der Waals surface area contributed by atoms with E-state index >= 15 is 0 Å². The Morgan fingerprint density at radius 3 is 1.38 bits per heavy atom. The van der Waals surface area contributed by atoms with Gasteiger partial charge in [0.15, 0.2) is 0 Å². The molecule has 0 aliphatic heterocycles. The topological polar surface area (TPSA) is 36.9 Å². The lowest BCUT2D eigenvalue weighted by Gasteiger charge is -2.26. The van der Waals surface area contributed by atoms with Gasteiger partial charge < -0.3 is 18.9 Å². The molecule has 2 rings (SSSR count). The van der Waals surface area contributed by atoms with Crippen molar-refractivity contribution < 1.29 is 18.9 Å². The summed E-state index contributed by atoms with van der Waals surface area (Å²) < 4.78 is 22.7. The van der Waals surface area contributed by atoms with Crippen molar-refractivity contribution in [2.24, 2.45) is 0 Å². The number of unbranched alkanes of at least 4 members (excludes halogenated alkanes) is 1. The molecule has 2 aromatic rings. The van der Waals surface area contributed by atoms with Gasteiger partial charge in [-0.15, -0.1) is 9.24 Å². The van der Waals surface area contributed by atoms with E-state index in [0.29, 0.717) is 0 Å². The highest BCUT2D eigenvalue weighted by molar-refractivity contribution is 7.16. The Kier molecular flexibility index (Phi) is 8.06. The molecule has 0 fully saturated rings. The average Bonchev–Trinajstić information content (AvgIpc) is 2.70. The fourth-order valence-corrected chi connectivity index (χ4v) is 3.66. The zero-order valence-electron chi connectivity index (χ0n) is 16.1. The monoisotopic (exact) mass is 376 g/mol. The molecule has 0 aromatic heterocycles. The molecule has 0 bridgehead atoms. The van der Waals surface area contributed by atoms with Crippen LogP contribution in [0.25, 0.3) is 0 Å². The Balaban J connectivity index is 2.67. The Morgan fingerprint density at radius 1 is 0.692 bits per heavy atom.